The Labute approximate surface area is 154 Å². The van der Waals surface area contributed by atoms with Crippen LogP contribution in [0.15, 0.2) is 48.8 Å². The Morgan fingerprint density at radius 3 is 2.48 bits per heavy atom. The first kappa shape index (κ1) is 17.5. The average molecular weight is 354 g/mol. The molecular formula is C20H24N3OS+. The lowest BCUT2D eigenvalue weighted by Gasteiger charge is -2.19. The number of anilines is 1. The van der Waals surface area contributed by atoms with E-state index in [1.54, 1.807) is 0 Å². The molecule has 0 saturated carbocycles. The van der Waals surface area contributed by atoms with Gasteiger partial charge in [-0.05, 0) is 29.7 Å². The summed E-state index contributed by atoms with van der Waals surface area (Å²) >= 11 is 4.01. The summed E-state index contributed by atoms with van der Waals surface area (Å²) in [5.41, 5.74) is 3.56. The minimum absolute atomic E-state index is 0.00479. The first-order chi connectivity index (χ1) is 12.1. The lowest BCUT2D eigenvalue weighted by Crippen LogP contribution is -2.37. The van der Waals surface area contributed by atoms with Crippen molar-refractivity contribution in [1.82, 2.24) is 5.32 Å². The van der Waals surface area contributed by atoms with Crippen molar-refractivity contribution in [2.24, 2.45) is 7.05 Å². The number of rotatable bonds is 5. The summed E-state index contributed by atoms with van der Waals surface area (Å²) in [7, 11) is 2.01. The van der Waals surface area contributed by atoms with E-state index in [1.165, 1.54) is 16.8 Å². The Kier molecular flexibility index (Phi) is 5.76. The Morgan fingerprint density at radius 1 is 1.20 bits per heavy atom. The van der Waals surface area contributed by atoms with E-state index >= 15 is 0 Å². The number of carbonyl (C=O) groups excluding carboxylic acids is 1. The highest BCUT2D eigenvalue weighted by Crippen LogP contribution is 2.21. The van der Waals surface area contributed by atoms with Gasteiger partial charge in [0.2, 0.25) is 5.91 Å². The highest BCUT2D eigenvalue weighted by molar-refractivity contribution is 7.81. The molecule has 1 unspecified atom stereocenters. The lowest BCUT2D eigenvalue weighted by molar-refractivity contribution is -0.671. The van der Waals surface area contributed by atoms with Gasteiger partial charge in [-0.15, -0.1) is 0 Å². The van der Waals surface area contributed by atoms with Gasteiger partial charge in [0.25, 0.3) is 0 Å². The molecule has 1 amide bonds. The van der Waals surface area contributed by atoms with Crippen molar-refractivity contribution in [1.29, 1.82) is 0 Å². The second-order valence-electron chi connectivity index (χ2n) is 6.38. The van der Waals surface area contributed by atoms with E-state index in [2.05, 4.69) is 71.4 Å². The minimum atomic E-state index is 0.00479. The maximum atomic E-state index is 11.4. The number of carbonyl (C=O) groups is 1. The third-order valence-corrected chi connectivity index (χ3v) is 4.71. The molecule has 5 heteroatoms. The van der Waals surface area contributed by atoms with Crippen LogP contribution in [0, 0.1) is 0 Å². The van der Waals surface area contributed by atoms with E-state index in [4.69, 9.17) is 0 Å². The van der Waals surface area contributed by atoms with Crippen LogP contribution in [-0.4, -0.2) is 30.8 Å². The Morgan fingerprint density at radius 2 is 1.84 bits per heavy atom. The van der Waals surface area contributed by atoms with Crippen LogP contribution in [0.3, 0.4) is 0 Å². The van der Waals surface area contributed by atoms with Crippen LogP contribution in [0.5, 0.6) is 0 Å². The molecule has 1 aliphatic heterocycles. The summed E-state index contributed by atoms with van der Waals surface area (Å²) in [6, 6.07) is 13.0. The van der Waals surface area contributed by atoms with Crippen molar-refractivity contribution in [2.45, 2.75) is 12.5 Å². The summed E-state index contributed by atoms with van der Waals surface area (Å²) in [5.74, 6) is 0.252. The first-order valence-corrected chi connectivity index (χ1v) is 9.16. The zero-order chi connectivity index (χ0) is 17.6. The lowest BCUT2D eigenvalue weighted by atomic mass is 10.1. The Bertz CT molecular complexity index is 741. The van der Waals surface area contributed by atoms with Crippen molar-refractivity contribution in [3.63, 3.8) is 0 Å². The van der Waals surface area contributed by atoms with Crippen LogP contribution < -0.4 is 14.8 Å². The number of aromatic nitrogens is 1. The van der Waals surface area contributed by atoms with Crippen LogP contribution in [0.1, 0.15) is 17.5 Å². The quantitative estimate of drug-likeness (QED) is 0.639. The molecule has 0 radical (unpaired) electrons. The van der Waals surface area contributed by atoms with E-state index in [-0.39, 0.29) is 17.7 Å². The minimum Gasteiger partial charge on any atom is -0.369 e. The maximum Gasteiger partial charge on any atom is 0.230 e. The van der Waals surface area contributed by atoms with Gasteiger partial charge >= 0.3 is 0 Å². The number of hydrogen-bond donors (Lipinski definition) is 2. The molecule has 1 saturated heterocycles. The van der Waals surface area contributed by atoms with Crippen molar-refractivity contribution in [3.8, 4) is 0 Å². The smallest absolute Gasteiger partial charge is 0.230 e. The Hall–Kier alpha value is -2.27. The number of benzene rings is 1. The normalized spacial score (nSPS) is 17.2. The molecule has 1 fully saturated rings. The third kappa shape index (κ3) is 4.86. The van der Waals surface area contributed by atoms with E-state index in [9.17, 15) is 4.79 Å². The van der Waals surface area contributed by atoms with E-state index in [0.29, 0.717) is 0 Å². The standard InChI is InChI=1S/C20H23N3OS/c1-22-11-8-17(9-12-22)3-2-16-4-6-19(7-5-16)23-13-10-18(14-23)21-20(24)15-25/h2-9,11-12,18H,10,13-15H2,1H3,(H-,21,24,25)/p+1. The fourth-order valence-electron chi connectivity index (χ4n) is 3.00. The molecule has 4 nitrogen and oxygen atoms in total. The van der Waals surface area contributed by atoms with Crippen molar-refractivity contribution >= 4 is 36.4 Å². The number of nitrogens with zero attached hydrogens (tertiary/aromatic N) is 2. The SMILES string of the molecule is C[n+]1ccc(/C=C/c2ccc(N3CCC(NC(=O)CS)C3)cc2)cc1. The number of thiol groups is 1. The number of aryl methyl sites for hydroxylation is 1. The molecular weight excluding hydrogens is 330 g/mol. The second kappa shape index (κ2) is 8.21. The zero-order valence-electron chi connectivity index (χ0n) is 14.4. The molecule has 130 valence electrons. The van der Waals surface area contributed by atoms with Crippen molar-refractivity contribution in [2.75, 3.05) is 23.7 Å². The molecule has 2 heterocycles. The van der Waals surface area contributed by atoms with Gasteiger partial charge in [-0.1, -0.05) is 24.3 Å². The van der Waals surface area contributed by atoms with Gasteiger partial charge in [-0.25, -0.2) is 4.57 Å². The molecule has 25 heavy (non-hydrogen) atoms. The summed E-state index contributed by atoms with van der Waals surface area (Å²) in [5, 5.41) is 3.01. The largest absolute Gasteiger partial charge is 0.369 e. The van der Waals surface area contributed by atoms with Gasteiger partial charge in [0, 0.05) is 37.0 Å². The van der Waals surface area contributed by atoms with Crippen molar-refractivity contribution < 1.29 is 9.36 Å². The van der Waals surface area contributed by atoms with Gasteiger partial charge in [-0.3, -0.25) is 4.79 Å². The molecule has 0 bridgehead atoms. The molecule has 1 aliphatic rings. The van der Waals surface area contributed by atoms with Gasteiger partial charge in [0.1, 0.15) is 7.05 Å². The number of nitrogens with one attached hydrogen (secondary N) is 1. The molecule has 0 spiro atoms. The number of hydrogen-bond acceptors (Lipinski definition) is 3. The van der Waals surface area contributed by atoms with Crippen LogP contribution in [0.2, 0.25) is 0 Å². The fraction of sp³-hybridized carbons (Fsp3) is 0.300. The number of amides is 1. The summed E-state index contributed by atoms with van der Waals surface area (Å²) in [4.78, 5) is 13.8. The monoisotopic (exact) mass is 354 g/mol. The summed E-state index contributed by atoms with van der Waals surface area (Å²) in [6.45, 7) is 1.82. The predicted molar refractivity (Wildman–Crippen MR) is 106 cm³/mol. The van der Waals surface area contributed by atoms with Crippen LogP contribution in [0.4, 0.5) is 5.69 Å². The van der Waals surface area contributed by atoms with Crippen LogP contribution >= 0.6 is 12.6 Å². The van der Waals surface area contributed by atoms with Crippen LogP contribution in [-0.2, 0) is 11.8 Å². The van der Waals surface area contributed by atoms with E-state index in [0.717, 1.165) is 19.5 Å². The molecule has 1 N–H and O–H groups in total. The highest BCUT2D eigenvalue weighted by atomic mass is 32.1. The molecule has 1 aromatic carbocycles. The fourth-order valence-corrected chi connectivity index (χ4v) is 3.09. The number of pyridine rings is 1. The zero-order valence-corrected chi connectivity index (χ0v) is 15.3. The van der Waals surface area contributed by atoms with E-state index < -0.39 is 0 Å². The first-order valence-electron chi connectivity index (χ1n) is 8.52. The molecule has 1 atom stereocenters. The highest BCUT2D eigenvalue weighted by Gasteiger charge is 2.23. The van der Waals surface area contributed by atoms with Gasteiger partial charge in [0.15, 0.2) is 12.4 Å². The molecule has 0 aliphatic carbocycles. The molecule has 2 aromatic rings. The van der Waals surface area contributed by atoms with Gasteiger partial charge in [0.05, 0.1) is 5.75 Å². The van der Waals surface area contributed by atoms with Gasteiger partial charge in [-0.2, -0.15) is 12.6 Å². The van der Waals surface area contributed by atoms with Crippen LogP contribution in [0.25, 0.3) is 12.2 Å². The van der Waals surface area contributed by atoms with Crippen molar-refractivity contribution in [3.05, 3.63) is 59.9 Å². The summed E-state index contributed by atoms with van der Waals surface area (Å²) in [6.07, 6.45) is 9.30. The van der Waals surface area contributed by atoms with Gasteiger partial charge < -0.3 is 10.2 Å². The molecule has 3 rings (SSSR count). The van der Waals surface area contributed by atoms with E-state index in [1.807, 2.05) is 24.0 Å². The average Bonchev–Trinajstić information content (AvgIpc) is 3.10. The Balaban J connectivity index is 1.59. The maximum absolute atomic E-state index is 11.4. The molecule has 1 aromatic heterocycles. The predicted octanol–water partition coefficient (Wildman–Crippen LogP) is 2.31. The summed E-state index contributed by atoms with van der Waals surface area (Å²) < 4.78 is 2.02. The second-order valence-corrected chi connectivity index (χ2v) is 6.70. The third-order valence-electron chi connectivity index (χ3n) is 4.43. The topological polar surface area (TPSA) is 36.2 Å².